The van der Waals surface area contributed by atoms with Gasteiger partial charge in [0.25, 0.3) is 0 Å². The van der Waals surface area contributed by atoms with E-state index < -0.39 is 0 Å². The molecule has 25 heavy (non-hydrogen) atoms. The van der Waals surface area contributed by atoms with E-state index in [1.165, 1.54) is 0 Å². The van der Waals surface area contributed by atoms with E-state index in [9.17, 15) is 4.79 Å². The lowest BCUT2D eigenvalue weighted by atomic mass is 9.98. The molecule has 140 valence electrons. The smallest absolute Gasteiger partial charge is 0.226 e. The fourth-order valence-corrected chi connectivity index (χ4v) is 3.45. The number of hydrogen-bond acceptors (Lipinski definition) is 3. The number of hydrogen-bond donors (Lipinski definition) is 0. The van der Waals surface area contributed by atoms with Crippen LogP contribution in [0.3, 0.4) is 0 Å². The van der Waals surface area contributed by atoms with Crippen LogP contribution in [0.25, 0.3) is 0 Å². The number of benzene rings is 1. The molecule has 1 heterocycles. The van der Waals surface area contributed by atoms with E-state index in [0.717, 1.165) is 44.6 Å². The van der Waals surface area contributed by atoms with Gasteiger partial charge in [-0.1, -0.05) is 43.1 Å². The van der Waals surface area contributed by atoms with Crippen molar-refractivity contribution in [3.63, 3.8) is 0 Å². The topological polar surface area (TPSA) is 32.8 Å². The van der Waals surface area contributed by atoms with Crippen molar-refractivity contribution >= 4 is 29.1 Å². The summed E-state index contributed by atoms with van der Waals surface area (Å²) in [5.41, 5.74) is 1.01. The van der Waals surface area contributed by atoms with Crippen LogP contribution in [-0.4, -0.2) is 55.1 Å². The first kappa shape index (κ1) is 20.5. The van der Waals surface area contributed by atoms with Crippen LogP contribution in [0.4, 0.5) is 0 Å². The van der Waals surface area contributed by atoms with Gasteiger partial charge in [0.15, 0.2) is 0 Å². The van der Waals surface area contributed by atoms with E-state index >= 15 is 0 Å². The SMILES string of the molecule is CCN(CC)CCN(Cc1ccc(Cl)c(Cl)c1)C(=O)C1CCOCC1. The molecule has 0 radical (unpaired) electrons. The average molecular weight is 387 g/mol. The molecule has 1 aliphatic rings. The van der Waals surface area contributed by atoms with Crippen LogP contribution >= 0.6 is 23.2 Å². The Kier molecular flexibility index (Phi) is 8.50. The zero-order valence-corrected chi connectivity index (χ0v) is 16.7. The quantitative estimate of drug-likeness (QED) is 0.674. The van der Waals surface area contributed by atoms with Crippen molar-refractivity contribution in [3.05, 3.63) is 33.8 Å². The number of nitrogens with zero attached hydrogens (tertiary/aromatic N) is 2. The van der Waals surface area contributed by atoms with Crippen molar-refractivity contribution in [2.45, 2.75) is 33.2 Å². The summed E-state index contributed by atoms with van der Waals surface area (Å²) >= 11 is 12.1. The summed E-state index contributed by atoms with van der Waals surface area (Å²) < 4.78 is 5.40. The lowest BCUT2D eigenvalue weighted by Crippen LogP contribution is -2.42. The van der Waals surface area contributed by atoms with Gasteiger partial charge in [-0.15, -0.1) is 0 Å². The normalized spacial score (nSPS) is 15.6. The van der Waals surface area contributed by atoms with Gasteiger partial charge in [-0.2, -0.15) is 0 Å². The molecule has 1 fully saturated rings. The van der Waals surface area contributed by atoms with Crippen molar-refractivity contribution in [2.24, 2.45) is 5.92 Å². The van der Waals surface area contributed by atoms with Gasteiger partial charge >= 0.3 is 0 Å². The van der Waals surface area contributed by atoms with Gasteiger partial charge in [0.1, 0.15) is 0 Å². The molecule has 1 amide bonds. The molecule has 0 saturated carbocycles. The first-order chi connectivity index (χ1) is 12.0. The van der Waals surface area contributed by atoms with Crippen LogP contribution in [-0.2, 0) is 16.1 Å². The summed E-state index contributed by atoms with van der Waals surface area (Å²) in [5, 5.41) is 1.07. The highest BCUT2D eigenvalue weighted by Crippen LogP contribution is 2.24. The van der Waals surface area contributed by atoms with Gasteiger partial charge in [0.05, 0.1) is 10.0 Å². The van der Waals surface area contributed by atoms with Crippen LogP contribution in [0.15, 0.2) is 18.2 Å². The molecule has 4 nitrogen and oxygen atoms in total. The average Bonchev–Trinajstić information content (AvgIpc) is 2.64. The third kappa shape index (κ3) is 6.14. The number of halogens is 2. The Hall–Kier alpha value is -0.810. The molecule has 1 aromatic carbocycles. The summed E-state index contributed by atoms with van der Waals surface area (Å²) in [6.07, 6.45) is 1.62. The fraction of sp³-hybridized carbons (Fsp3) is 0.632. The largest absolute Gasteiger partial charge is 0.381 e. The van der Waals surface area contributed by atoms with E-state index in [1.54, 1.807) is 6.07 Å². The van der Waals surface area contributed by atoms with Crippen molar-refractivity contribution < 1.29 is 9.53 Å². The molecule has 1 saturated heterocycles. The molecule has 0 aliphatic carbocycles. The number of carbonyl (C=O) groups excluding carboxylic acids is 1. The molecule has 0 bridgehead atoms. The number of amides is 1. The Morgan fingerprint density at radius 2 is 1.80 bits per heavy atom. The van der Waals surface area contributed by atoms with Crippen molar-refractivity contribution in [1.82, 2.24) is 9.80 Å². The maximum atomic E-state index is 13.0. The number of ether oxygens (including phenoxy) is 1. The number of carbonyl (C=O) groups is 1. The number of likely N-dealkylation sites (N-methyl/N-ethyl adjacent to an activating group) is 1. The van der Waals surface area contributed by atoms with Gasteiger partial charge in [0, 0.05) is 38.8 Å². The van der Waals surface area contributed by atoms with Gasteiger partial charge in [-0.05, 0) is 43.6 Å². The fourth-order valence-electron chi connectivity index (χ4n) is 3.13. The molecular formula is C19H28Cl2N2O2. The van der Waals surface area contributed by atoms with Crippen LogP contribution in [0.5, 0.6) is 0 Å². The predicted molar refractivity (Wildman–Crippen MR) is 103 cm³/mol. The maximum absolute atomic E-state index is 13.0. The Balaban J connectivity index is 2.09. The van der Waals surface area contributed by atoms with Gasteiger partial charge < -0.3 is 14.5 Å². The third-order valence-corrected chi connectivity index (χ3v) is 5.56. The monoisotopic (exact) mass is 386 g/mol. The first-order valence-electron chi connectivity index (χ1n) is 9.08. The molecule has 1 aliphatic heterocycles. The van der Waals surface area contributed by atoms with E-state index in [4.69, 9.17) is 27.9 Å². The summed E-state index contributed by atoms with van der Waals surface area (Å²) in [7, 11) is 0. The zero-order chi connectivity index (χ0) is 18.2. The molecule has 0 spiro atoms. The molecule has 2 rings (SSSR count). The lowest BCUT2D eigenvalue weighted by molar-refractivity contribution is -0.139. The highest BCUT2D eigenvalue weighted by atomic mass is 35.5. The second-order valence-electron chi connectivity index (χ2n) is 6.42. The summed E-state index contributed by atoms with van der Waals surface area (Å²) in [6, 6.07) is 5.59. The molecule has 0 unspecified atom stereocenters. The summed E-state index contributed by atoms with van der Waals surface area (Å²) in [6.45, 7) is 9.78. The predicted octanol–water partition coefficient (Wildman–Crippen LogP) is 4.09. The standard InChI is InChI=1S/C19H28Cl2N2O2/c1-3-22(4-2)9-10-23(19(24)16-7-11-25-12-8-16)14-15-5-6-17(20)18(21)13-15/h5-6,13,16H,3-4,7-12,14H2,1-2H3. The van der Waals surface area contributed by atoms with Gasteiger partial charge in [-0.3, -0.25) is 4.79 Å². The molecule has 0 N–H and O–H groups in total. The molecule has 0 atom stereocenters. The van der Waals surface area contributed by atoms with Crippen LogP contribution < -0.4 is 0 Å². The minimum atomic E-state index is 0.0632. The molecule has 1 aromatic rings. The summed E-state index contributed by atoms with van der Waals surface area (Å²) in [4.78, 5) is 17.3. The Morgan fingerprint density at radius 1 is 1.12 bits per heavy atom. The number of rotatable bonds is 8. The van der Waals surface area contributed by atoms with Gasteiger partial charge in [-0.25, -0.2) is 0 Å². The van der Waals surface area contributed by atoms with Gasteiger partial charge in [0.2, 0.25) is 5.91 Å². The third-order valence-electron chi connectivity index (χ3n) is 4.82. The Morgan fingerprint density at radius 3 is 2.40 bits per heavy atom. The van der Waals surface area contributed by atoms with E-state index in [0.29, 0.717) is 29.8 Å². The molecule has 6 heteroatoms. The summed E-state index contributed by atoms with van der Waals surface area (Å²) in [5.74, 6) is 0.287. The van der Waals surface area contributed by atoms with Crippen LogP contribution in [0, 0.1) is 5.92 Å². The minimum Gasteiger partial charge on any atom is -0.381 e. The van der Waals surface area contributed by atoms with E-state index in [1.807, 2.05) is 17.0 Å². The zero-order valence-electron chi connectivity index (χ0n) is 15.1. The van der Waals surface area contributed by atoms with Crippen molar-refractivity contribution in [3.8, 4) is 0 Å². The van der Waals surface area contributed by atoms with Crippen molar-refractivity contribution in [2.75, 3.05) is 39.4 Å². The second-order valence-corrected chi connectivity index (χ2v) is 7.24. The molecule has 0 aromatic heterocycles. The second kappa shape index (κ2) is 10.4. The first-order valence-corrected chi connectivity index (χ1v) is 9.83. The van der Waals surface area contributed by atoms with Crippen LogP contribution in [0.2, 0.25) is 10.0 Å². The maximum Gasteiger partial charge on any atom is 0.226 e. The van der Waals surface area contributed by atoms with Crippen LogP contribution in [0.1, 0.15) is 32.3 Å². The van der Waals surface area contributed by atoms with E-state index in [-0.39, 0.29) is 11.8 Å². The minimum absolute atomic E-state index is 0.0632. The highest BCUT2D eigenvalue weighted by molar-refractivity contribution is 6.42. The highest BCUT2D eigenvalue weighted by Gasteiger charge is 2.26. The van der Waals surface area contributed by atoms with Crippen molar-refractivity contribution in [1.29, 1.82) is 0 Å². The van der Waals surface area contributed by atoms with E-state index in [2.05, 4.69) is 18.7 Å². The Bertz CT molecular complexity index is 558. The molecular weight excluding hydrogens is 359 g/mol. The lowest BCUT2D eigenvalue weighted by Gasteiger charge is -2.31. The Labute approximate surface area is 161 Å².